The van der Waals surface area contributed by atoms with Gasteiger partial charge >= 0.3 is 0 Å². The lowest BCUT2D eigenvalue weighted by atomic mass is 9.85. The molecule has 2 heteroatoms. The molecule has 1 fully saturated rings. The van der Waals surface area contributed by atoms with Gasteiger partial charge in [-0.2, -0.15) is 0 Å². The van der Waals surface area contributed by atoms with Gasteiger partial charge in [0.1, 0.15) is 0 Å². The Kier molecular flexibility index (Phi) is 7.92. The maximum absolute atomic E-state index is 10.4. The molecule has 1 rings (SSSR count). The Morgan fingerprint density at radius 2 is 1.61 bits per heavy atom. The first-order valence-corrected chi connectivity index (χ1v) is 8.11. The van der Waals surface area contributed by atoms with Crippen molar-refractivity contribution < 1.29 is 5.11 Å². The Labute approximate surface area is 114 Å². The van der Waals surface area contributed by atoms with Gasteiger partial charge in [-0.25, -0.2) is 0 Å². The summed E-state index contributed by atoms with van der Waals surface area (Å²) in [6, 6.07) is 0. The molecule has 18 heavy (non-hydrogen) atoms. The van der Waals surface area contributed by atoms with E-state index in [0.29, 0.717) is 5.92 Å². The van der Waals surface area contributed by atoms with Crippen LogP contribution in [0.3, 0.4) is 0 Å². The molecule has 0 radical (unpaired) electrons. The lowest BCUT2D eigenvalue weighted by Gasteiger charge is -2.32. The Morgan fingerprint density at radius 3 is 2.11 bits per heavy atom. The summed E-state index contributed by atoms with van der Waals surface area (Å²) in [6.45, 7) is 9.89. The second-order valence-electron chi connectivity index (χ2n) is 6.00. The van der Waals surface area contributed by atoms with Gasteiger partial charge in [-0.05, 0) is 31.2 Å². The smallest absolute Gasteiger partial charge is 0.0695 e. The fourth-order valence-electron chi connectivity index (χ4n) is 3.18. The van der Waals surface area contributed by atoms with Crippen molar-refractivity contribution in [3.05, 3.63) is 0 Å². The van der Waals surface area contributed by atoms with Crippen molar-refractivity contribution in [3.8, 4) is 0 Å². The third-order valence-corrected chi connectivity index (χ3v) is 4.76. The van der Waals surface area contributed by atoms with Gasteiger partial charge < -0.3 is 10.0 Å². The van der Waals surface area contributed by atoms with Crippen LogP contribution < -0.4 is 0 Å². The molecule has 0 aromatic rings. The van der Waals surface area contributed by atoms with Gasteiger partial charge in [0, 0.05) is 13.1 Å². The van der Waals surface area contributed by atoms with Crippen molar-refractivity contribution >= 4 is 0 Å². The number of aliphatic hydroxyl groups excluding tert-OH is 1. The average Bonchev–Trinajstić information content (AvgIpc) is 2.44. The van der Waals surface area contributed by atoms with Gasteiger partial charge in [-0.3, -0.25) is 0 Å². The predicted molar refractivity (Wildman–Crippen MR) is 78.8 cm³/mol. The molecule has 2 nitrogen and oxygen atoms in total. The van der Waals surface area contributed by atoms with Crippen molar-refractivity contribution in [1.29, 1.82) is 0 Å². The number of hydrogen-bond acceptors (Lipinski definition) is 2. The fraction of sp³-hybridized carbons (Fsp3) is 1.00. The third kappa shape index (κ3) is 5.27. The van der Waals surface area contributed by atoms with E-state index in [1.165, 1.54) is 44.9 Å². The molecule has 0 bridgehead atoms. The lowest BCUT2D eigenvalue weighted by molar-refractivity contribution is 0.0440. The number of aliphatic hydroxyl groups is 1. The van der Waals surface area contributed by atoms with Crippen LogP contribution >= 0.6 is 0 Å². The van der Waals surface area contributed by atoms with Crippen LogP contribution in [0.4, 0.5) is 0 Å². The minimum atomic E-state index is -0.0976. The molecule has 1 unspecified atom stereocenters. The first kappa shape index (κ1) is 16.0. The van der Waals surface area contributed by atoms with Crippen molar-refractivity contribution in [2.24, 2.45) is 11.8 Å². The zero-order valence-corrected chi connectivity index (χ0v) is 12.7. The standard InChI is InChI=1S/C16H33NO/c1-4-14(5-2)12-17(6-3)13-16(18)15-10-8-7-9-11-15/h14-16,18H,4-13H2,1-3H3. The highest BCUT2D eigenvalue weighted by Gasteiger charge is 2.23. The quantitative estimate of drug-likeness (QED) is 0.715. The van der Waals surface area contributed by atoms with Crippen LogP contribution in [0.5, 0.6) is 0 Å². The van der Waals surface area contributed by atoms with E-state index < -0.39 is 0 Å². The van der Waals surface area contributed by atoms with Crippen LogP contribution in [-0.4, -0.2) is 35.7 Å². The van der Waals surface area contributed by atoms with E-state index in [4.69, 9.17) is 0 Å². The van der Waals surface area contributed by atoms with E-state index in [1.54, 1.807) is 0 Å². The lowest BCUT2D eigenvalue weighted by Crippen LogP contribution is -2.39. The highest BCUT2D eigenvalue weighted by molar-refractivity contribution is 4.76. The van der Waals surface area contributed by atoms with Crippen molar-refractivity contribution in [3.63, 3.8) is 0 Å². The topological polar surface area (TPSA) is 23.5 Å². The minimum absolute atomic E-state index is 0.0976. The molecule has 1 aliphatic rings. The van der Waals surface area contributed by atoms with E-state index in [1.807, 2.05) is 0 Å². The Bertz CT molecular complexity index is 197. The average molecular weight is 255 g/mol. The normalized spacial score (nSPS) is 19.7. The predicted octanol–water partition coefficient (Wildman–Crippen LogP) is 3.69. The highest BCUT2D eigenvalue weighted by Crippen LogP contribution is 2.27. The molecule has 0 aliphatic heterocycles. The summed E-state index contributed by atoms with van der Waals surface area (Å²) >= 11 is 0. The second-order valence-corrected chi connectivity index (χ2v) is 6.00. The van der Waals surface area contributed by atoms with Crippen LogP contribution in [0.15, 0.2) is 0 Å². The van der Waals surface area contributed by atoms with E-state index in [2.05, 4.69) is 25.7 Å². The Hall–Kier alpha value is -0.0800. The molecule has 0 aromatic heterocycles. The number of likely N-dealkylation sites (N-methyl/N-ethyl adjacent to an activating group) is 1. The van der Waals surface area contributed by atoms with E-state index in [0.717, 1.165) is 25.6 Å². The molecule has 0 saturated heterocycles. The van der Waals surface area contributed by atoms with Crippen molar-refractivity contribution in [1.82, 2.24) is 4.90 Å². The number of hydrogen-bond donors (Lipinski definition) is 1. The van der Waals surface area contributed by atoms with Gasteiger partial charge in [0.25, 0.3) is 0 Å². The first-order valence-electron chi connectivity index (χ1n) is 8.11. The molecule has 0 heterocycles. The van der Waals surface area contributed by atoms with Crippen LogP contribution in [-0.2, 0) is 0 Å². The Balaban J connectivity index is 2.36. The summed E-state index contributed by atoms with van der Waals surface area (Å²) in [4.78, 5) is 2.46. The number of rotatable bonds is 8. The zero-order valence-electron chi connectivity index (χ0n) is 12.7. The highest BCUT2D eigenvalue weighted by atomic mass is 16.3. The van der Waals surface area contributed by atoms with Crippen LogP contribution in [0, 0.1) is 11.8 Å². The maximum atomic E-state index is 10.4. The Morgan fingerprint density at radius 1 is 1.00 bits per heavy atom. The summed E-state index contributed by atoms with van der Waals surface area (Å²) in [5.74, 6) is 1.36. The summed E-state index contributed by atoms with van der Waals surface area (Å²) in [5, 5.41) is 10.4. The molecule has 1 atom stereocenters. The molecule has 1 aliphatic carbocycles. The van der Waals surface area contributed by atoms with E-state index in [9.17, 15) is 5.11 Å². The maximum Gasteiger partial charge on any atom is 0.0695 e. The third-order valence-electron chi connectivity index (χ3n) is 4.76. The molecule has 1 saturated carbocycles. The molecule has 108 valence electrons. The molecular weight excluding hydrogens is 222 g/mol. The van der Waals surface area contributed by atoms with Crippen LogP contribution in [0.1, 0.15) is 65.7 Å². The van der Waals surface area contributed by atoms with Crippen molar-refractivity contribution in [2.45, 2.75) is 71.8 Å². The largest absolute Gasteiger partial charge is 0.392 e. The summed E-state index contributed by atoms with van der Waals surface area (Å²) in [6.07, 6.45) is 8.90. The molecule has 1 N–H and O–H groups in total. The monoisotopic (exact) mass is 255 g/mol. The van der Waals surface area contributed by atoms with Crippen LogP contribution in [0.2, 0.25) is 0 Å². The van der Waals surface area contributed by atoms with E-state index >= 15 is 0 Å². The molecule has 0 amide bonds. The van der Waals surface area contributed by atoms with E-state index in [-0.39, 0.29) is 6.10 Å². The van der Waals surface area contributed by atoms with Crippen LogP contribution in [0.25, 0.3) is 0 Å². The molecular formula is C16H33NO. The minimum Gasteiger partial charge on any atom is -0.392 e. The van der Waals surface area contributed by atoms with Gasteiger partial charge in [0.05, 0.1) is 6.10 Å². The second kappa shape index (κ2) is 8.92. The van der Waals surface area contributed by atoms with Gasteiger partial charge in [-0.15, -0.1) is 0 Å². The SMILES string of the molecule is CCC(CC)CN(CC)CC(O)C1CCCCC1. The van der Waals surface area contributed by atoms with Gasteiger partial charge in [0.2, 0.25) is 0 Å². The van der Waals surface area contributed by atoms with Crippen molar-refractivity contribution in [2.75, 3.05) is 19.6 Å². The summed E-state index contributed by atoms with van der Waals surface area (Å²) < 4.78 is 0. The van der Waals surface area contributed by atoms with Gasteiger partial charge in [-0.1, -0.05) is 52.9 Å². The molecule has 0 aromatic carbocycles. The zero-order chi connectivity index (χ0) is 13.4. The number of nitrogens with zero attached hydrogens (tertiary/aromatic N) is 1. The fourth-order valence-corrected chi connectivity index (χ4v) is 3.18. The first-order chi connectivity index (χ1) is 8.71. The molecule has 0 spiro atoms. The summed E-state index contributed by atoms with van der Waals surface area (Å²) in [5.41, 5.74) is 0. The summed E-state index contributed by atoms with van der Waals surface area (Å²) in [7, 11) is 0. The van der Waals surface area contributed by atoms with Gasteiger partial charge in [0.15, 0.2) is 0 Å².